The van der Waals surface area contributed by atoms with Crippen LogP contribution in [0.4, 0.5) is 0 Å². The first-order chi connectivity index (χ1) is 9.33. The Morgan fingerprint density at radius 3 is 2.65 bits per heavy atom. The van der Waals surface area contributed by atoms with E-state index in [0.29, 0.717) is 19.4 Å². The van der Waals surface area contributed by atoms with Crippen molar-refractivity contribution < 1.29 is 9.59 Å². The van der Waals surface area contributed by atoms with E-state index < -0.39 is 0 Å². The molecule has 1 rings (SSSR count). The molecule has 0 spiro atoms. The number of hydrogen-bond acceptors (Lipinski definition) is 2. The van der Waals surface area contributed by atoms with Gasteiger partial charge in [0.2, 0.25) is 5.91 Å². The molecule has 0 heterocycles. The minimum Gasteiger partial charge on any atom is -0.356 e. The van der Waals surface area contributed by atoms with Crippen LogP contribution in [-0.2, 0) is 9.59 Å². The first kappa shape index (κ1) is 16.7. The zero-order valence-corrected chi connectivity index (χ0v) is 13.2. The molecule has 0 saturated heterocycles. The number of ketones is 1. The Morgan fingerprint density at radius 2 is 2.05 bits per heavy atom. The third kappa shape index (κ3) is 5.32. The van der Waals surface area contributed by atoms with Crippen molar-refractivity contribution in [2.75, 3.05) is 6.54 Å². The Kier molecular flexibility index (Phi) is 6.18. The number of amides is 1. The highest BCUT2D eigenvalue weighted by Crippen LogP contribution is 2.40. The molecule has 0 saturated carbocycles. The lowest BCUT2D eigenvalue weighted by Crippen LogP contribution is -2.21. The van der Waals surface area contributed by atoms with Gasteiger partial charge in [-0.3, -0.25) is 9.59 Å². The molecule has 0 fully saturated rings. The Morgan fingerprint density at radius 1 is 1.35 bits per heavy atom. The van der Waals surface area contributed by atoms with Gasteiger partial charge in [0.25, 0.3) is 0 Å². The van der Waals surface area contributed by atoms with Gasteiger partial charge in [0, 0.05) is 19.9 Å². The number of hydrogen-bond donors (Lipinski definition) is 1. The number of allylic oxidation sites excluding steroid dienone is 4. The van der Waals surface area contributed by atoms with E-state index in [1.54, 1.807) is 6.08 Å². The zero-order valence-electron chi connectivity index (χ0n) is 13.2. The second-order valence-corrected chi connectivity index (χ2v) is 6.32. The van der Waals surface area contributed by atoms with E-state index in [1.165, 1.54) is 30.9 Å². The zero-order chi connectivity index (χ0) is 15.2. The van der Waals surface area contributed by atoms with Crippen molar-refractivity contribution in [3.63, 3.8) is 0 Å². The van der Waals surface area contributed by atoms with Gasteiger partial charge in [-0.15, -0.1) is 0 Å². The highest BCUT2D eigenvalue weighted by molar-refractivity contribution is 5.90. The predicted octanol–water partition coefficient (Wildman–Crippen LogP) is 3.55. The van der Waals surface area contributed by atoms with E-state index in [4.69, 9.17) is 0 Å². The third-order valence-electron chi connectivity index (χ3n) is 3.95. The maximum atomic E-state index is 11.8. The van der Waals surface area contributed by atoms with Crippen LogP contribution in [0.15, 0.2) is 23.3 Å². The molecule has 0 aromatic carbocycles. The number of carbonyl (C=O) groups is 2. The Hall–Kier alpha value is -1.38. The second kappa shape index (κ2) is 7.41. The van der Waals surface area contributed by atoms with Crippen LogP contribution in [0.3, 0.4) is 0 Å². The molecule has 0 radical (unpaired) electrons. The Labute approximate surface area is 122 Å². The molecular weight excluding hydrogens is 250 g/mol. The molecule has 1 aliphatic carbocycles. The Balaban J connectivity index is 2.50. The first-order valence-corrected chi connectivity index (χ1v) is 7.48. The molecule has 0 aromatic rings. The summed E-state index contributed by atoms with van der Waals surface area (Å²) in [4.78, 5) is 22.5. The molecular formula is C17H27NO2. The highest BCUT2D eigenvalue weighted by Gasteiger charge is 2.26. The summed E-state index contributed by atoms with van der Waals surface area (Å²) in [7, 11) is 0. The van der Waals surface area contributed by atoms with E-state index in [9.17, 15) is 9.59 Å². The van der Waals surface area contributed by atoms with Crippen LogP contribution in [0, 0.1) is 5.41 Å². The molecule has 1 amide bonds. The molecule has 112 valence electrons. The van der Waals surface area contributed by atoms with Gasteiger partial charge in [-0.2, -0.15) is 0 Å². The number of carbonyl (C=O) groups excluding carboxylic acids is 2. The summed E-state index contributed by atoms with van der Waals surface area (Å²) in [5, 5.41) is 2.70. The molecule has 0 unspecified atom stereocenters. The van der Waals surface area contributed by atoms with Crippen LogP contribution in [0.5, 0.6) is 0 Å². The van der Waals surface area contributed by atoms with Gasteiger partial charge in [-0.05, 0) is 49.7 Å². The molecule has 1 aliphatic rings. The summed E-state index contributed by atoms with van der Waals surface area (Å²) in [5.74, 6) is 0.0924. The fraction of sp³-hybridized carbons (Fsp3) is 0.647. The fourth-order valence-electron chi connectivity index (χ4n) is 2.80. The summed E-state index contributed by atoms with van der Waals surface area (Å²) in [6, 6.07) is 0. The van der Waals surface area contributed by atoms with Crippen LogP contribution >= 0.6 is 0 Å². The number of rotatable bonds is 6. The fourth-order valence-corrected chi connectivity index (χ4v) is 2.80. The van der Waals surface area contributed by atoms with E-state index in [2.05, 4.69) is 26.1 Å². The van der Waals surface area contributed by atoms with E-state index in [1.807, 2.05) is 6.08 Å². The average Bonchev–Trinajstić information content (AvgIpc) is 2.33. The van der Waals surface area contributed by atoms with Crippen LogP contribution < -0.4 is 5.32 Å². The van der Waals surface area contributed by atoms with Crippen molar-refractivity contribution >= 4 is 11.7 Å². The monoisotopic (exact) mass is 277 g/mol. The molecule has 20 heavy (non-hydrogen) atoms. The lowest BCUT2D eigenvalue weighted by atomic mass is 9.72. The number of nitrogens with one attached hydrogen (secondary N) is 1. The van der Waals surface area contributed by atoms with Crippen LogP contribution in [0.1, 0.15) is 59.8 Å². The van der Waals surface area contributed by atoms with Gasteiger partial charge >= 0.3 is 0 Å². The molecule has 3 nitrogen and oxygen atoms in total. The summed E-state index contributed by atoms with van der Waals surface area (Å²) in [6.07, 6.45) is 8.46. The maximum Gasteiger partial charge on any atom is 0.216 e. The summed E-state index contributed by atoms with van der Waals surface area (Å²) in [5.41, 5.74) is 2.90. The van der Waals surface area contributed by atoms with Gasteiger partial charge in [-0.1, -0.05) is 25.5 Å². The lowest BCUT2D eigenvalue weighted by molar-refractivity contribution is -0.119. The second-order valence-electron chi connectivity index (χ2n) is 6.32. The smallest absolute Gasteiger partial charge is 0.216 e. The summed E-state index contributed by atoms with van der Waals surface area (Å²) >= 11 is 0. The van der Waals surface area contributed by atoms with Gasteiger partial charge in [-0.25, -0.2) is 0 Å². The van der Waals surface area contributed by atoms with E-state index >= 15 is 0 Å². The molecule has 0 bridgehead atoms. The lowest BCUT2D eigenvalue weighted by Gasteiger charge is -2.32. The third-order valence-corrected chi connectivity index (χ3v) is 3.95. The van der Waals surface area contributed by atoms with Crippen molar-refractivity contribution in [1.29, 1.82) is 0 Å². The quantitative estimate of drug-likeness (QED) is 0.596. The van der Waals surface area contributed by atoms with Crippen molar-refractivity contribution in [3.8, 4) is 0 Å². The minimum atomic E-state index is -0.0438. The molecule has 0 aromatic heterocycles. The highest BCUT2D eigenvalue weighted by atomic mass is 16.1. The SMILES string of the molecule is CC(=O)NCCCC(=O)/C=C/C1=C(C)CCCC1(C)C. The maximum absolute atomic E-state index is 11.8. The molecule has 0 atom stereocenters. The van der Waals surface area contributed by atoms with E-state index in [-0.39, 0.29) is 17.1 Å². The van der Waals surface area contributed by atoms with Crippen LogP contribution in [0.25, 0.3) is 0 Å². The Bertz CT molecular complexity index is 430. The summed E-state index contributed by atoms with van der Waals surface area (Å²) in [6.45, 7) is 8.72. The van der Waals surface area contributed by atoms with Crippen molar-refractivity contribution in [3.05, 3.63) is 23.3 Å². The van der Waals surface area contributed by atoms with Crippen molar-refractivity contribution in [2.24, 2.45) is 5.41 Å². The molecule has 3 heteroatoms. The molecule has 1 N–H and O–H groups in total. The van der Waals surface area contributed by atoms with Gasteiger partial charge < -0.3 is 5.32 Å². The largest absolute Gasteiger partial charge is 0.356 e. The van der Waals surface area contributed by atoms with Crippen molar-refractivity contribution in [1.82, 2.24) is 5.32 Å². The van der Waals surface area contributed by atoms with Crippen LogP contribution in [0.2, 0.25) is 0 Å². The predicted molar refractivity (Wildman–Crippen MR) is 82.4 cm³/mol. The first-order valence-electron chi connectivity index (χ1n) is 7.48. The van der Waals surface area contributed by atoms with Crippen LogP contribution in [-0.4, -0.2) is 18.2 Å². The minimum absolute atomic E-state index is 0.0438. The summed E-state index contributed by atoms with van der Waals surface area (Å²) < 4.78 is 0. The topological polar surface area (TPSA) is 46.2 Å². The molecule has 0 aliphatic heterocycles. The average molecular weight is 277 g/mol. The van der Waals surface area contributed by atoms with E-state index in [0.717, 1.165) is 6.42 Å². The van der Waals surface area contributed by atoms with Gasteiger partial charge in [0.1, 0.15) is 0 Å². The van der Waals surface area contributed by atoms with Gasteiger partial charge in [0.05, 0.1) is 0 Å². The standard InChI is InChI=1S/C17H27NO2/c1-13-7-5-11-17(3,4)16(13)10-9-15(20)8-6-12-18-14(2)19/h9-10H,5-8,11-12H2,1-4H3,(H,18,19)/b10-9+. The van der Waals surface area contributed by atoms with Crippen molar-refractivity contribution in [2.45, 2.75) is 59.8 Å². The van der Waals surface area contributed by atoms with Gasteiger partial charge in [0.15, 0.2) is 5.78 Å². The normalized spacial score (nSPS) is 18.4.